The highest BCUT2D eigenvalue weighted by molar-refractivity contribution is 5.85. The standard InChI is InChI=1S/C14H22N2.ClH/c1-12(16(2)14-8-9-14)10-15-11-13-6-4-3-5-7-13;/h3-7,12,14-15H,8-11H2,1-2H3;1H. The van der Waals surface area contributed by atoms with Crippen LogP contribution in [0, 0.1) is 0 Å². The second-order valence-corrected chi connectivity index (χ2v) is 4.86. The van der Waals surface area contributed by atoms with Crippen LogP contribution in [0.3, 0.4) is 0 Å². The Balaban J connectivity index is 0.00000144. The lowest BCUT2D eigenvalue weighted by Crippen LogP contribution is -2.38. The van der Waals surface area contributed by atoms with Gasteiger partial charge in [0.15, 0.2) is 0 Å². The first-order valence-corrected chi connectivity index (χ1v) is 6.24. The molecule has 1 aliphatic rings. The van der Waals surface area contributed by atoms with Crippen LogP contribution in [0.1, 0.15) is 25.3 Å². The zero-order chi connectivity index (χ0) is 11.4. The van der Waals surface area contributed by atoms with E-state index in [0.29, 0.717) is 6.04 Å². The van der Waals surface area contributed by atoms with Gasteiger partial charge in [0.2, 0.25) is 0 Å². The molecule has 0 amide bonds. The Morgan fingerprint density at radius 1 is 1.29 bits per heavy atom. The van der Waals surface area contributed by atoms with Crippen molar-refractivity contribution < 1.29 is 0 Å². The summed E-state index contributed by atoms with van der Waals surface area (Å²) in [5.41, 5.74) is 1.36. The van der Waals surface area contributed by atoms with Crippen LogP contribution in [0.4, 0.5) is 0 Å². The van der Waals surface area contributed by atoms with Gasteiger partial charge in [0, 0.05) is 25.2 Å². The van der Waals surface area contributed by atoms with Gasteiger partial charge in [-0.15, -0.1) is 12.4 Å². The largest absolute Gasteiger partial charge is 0.311 e. The van der Waals surface area contributed by atoms with E-state index >= 15 is 0 Å². The Hall–Kier alpha value is -0.570. The zero-order valence-electron chi connectivity index (χ0n) is 10.7. The summed E-state index contributed by atoms with van der Waals surface area (Å²) in [4.78, 5) is 2.50. The maximum absolute atomic E-state index is 3.52. The minimum atomic E-state index is 0. The average Bonchev–Trinajstić information content (AvgIpc) is 3.13. The lowest BCUT2D eigenvalue weighted by Gasteiger charge is -2.24. The van der Waals surface area contributed by atoms with Gasteiger partial charge in [-0.2, -0.15) is 0 Å². The third kappa shape index (κ3) is 4.66. The van der Waals surface area contributed by atoms with Crippen molar-refractivity contribution in [2.24, 2.45) is 0 Å². The molecule has 1 unspecified atom stereocenters. The van der Waals surface area contributed by atoms with Gasteiger partial charge >= 0.3 is 0 Å². The van der Waals surface area contributed by atoms with Gasteiger partial charge in [-0.25, -0.2) is 0 Å². The van der Waals surface area contributed by atoms with Crippen LogP contribution in [0.5, 0.6) is 0 Å². The van der Waals surface area contributed by atoms with E-state index in [2.05, 4.69) is 54.5 Å². The second-order valence-electron chi connectivity index (χ2n) is 4.86. The van der Waals surface area contributed by atoms with E-state index in [9.17, 15) is 0 Å². The number of rotatable bonds is 6. The molecule has 0 saturated heterocycles. The highest BCUT2D eigenvalue weighted by Gasteiger charge is 2.28. The number of hydrogen-bond acceptors (Lipinski definition) is 2. The van der Waals surface area contributed by atoms with Crippen molar-refractivity contribution in [3.8, 4) is 0 Å². The molecule has 96 valence electrons. The zero-order valence-corrected chi connectivity index (χ0v) is 11.5. The summed E-state index contributed by atoms with van der Waals surface area (Å²) < 4.78 is 0. The monoisotopic (exact) mass is 254 g/mol. The van der Waals surface area contributed by atoms with Crippen LogP contribution in [-0.4, -0.2) is 30.6 Å². The predicted octanol–water partition coefficient (Wildman–Crippen LogP) is 2.68. The van der Waals surface area contributed by atoms with Crippen molar-refractivity contribution in [1.29, 1.82) is 0 Å². The van der Waals surface area contributed by atoms with Crippen LogP contribution in [0.2, 0.25) is 0 Å². The quantitative estimate of drug-likeness (QED) is 0.840. The molecule has 1 aromatic rings. The van der Waals surface area contributed by atoms with Gasteiger partial charge in [0.25, 0.3) is 0 Å². The number of hydrogen-bond donors (Lipinski definition) is 1. The van der Waals surface area contributed by atoms with Crippen molar-refractivity contribution in [1.82, 2.24) is 10.2 Å². The van der Waals surface area contributed by atoms with E-state index in [-0.39, 0.29) is 12.4 Å². The summed E-state index contributed by atoms with van der Waals surface area (Å²) in [5, 5.41) is 3.52. The van der Waals surface area contributed by atoms with Crippen LogP contribution >= 0.6 is 12.4 Å². The third-order valence-corrected chi connectivity index (χ3v) is 3.43. The summed E-state index contributed by atoms with van der Waals surface area (Å²) in [6, 6.07) is 12.1. The van der Waals surface area contributed by atoms with E-state index < -0.39 is 0 Å². The summed E-state index contributed by atoms with van der Waals surface area (Å²) in [6.07, 6.45) is 2.78. The average molecular weight is 255 g/mol. The number of likely N-dealkylation sites (N-methyl/N-ethyl adjacent to an activating group) is 1. The lowest BCUT2D eigenvalue weighted by atomic mass is 10.2. The van der Waals surface area contributed by atoms with Crippen molar-refractivity contribution in [3.63, 3.8) is 0 Å². The highest BCUT2D eigenvalue weighted by atomic mass is 35.5. The molecule has 0 radical (unpaired) electrons. The van der Waals surface area contributed by atoms with Crippen LogP contribution < -0.4 is 5.32 Å². The maximum atomic E-state index is 3.52. The minimum absolute atomic E-state index is 0. The van der Waals surface area contributed by atoms with E-state index in [0.717, 1.165) is 19.1 Å². The van der Waals surface area contributed by atoms with Crippen LogP contribution in [-0.2, 0) is 6.54 Å². The smallest absolute Gasteiger partial charge is 0.0206 e. The minimum Gasteiger partial charge on any atom is -0.311 e. The SMILES string of the molecule is CC(CNCc1ccccc1)N(C)C1CC1.Cl. The van der Waals surface area contributed by atoms with Crippen molar-refractivity contribution in [3.05, 3.63) is 35.9 Å². The third-order valence-electron chi connectivity index (χ3n) is 3.43. The van der Waals surface area contributed by atoms with Gasteiger partial charge < -0.3 is 5.32 Å². The van der Waals surface area contributed by atoms with Gasteiger partial charge in [-0.05, 0) is 32.4 Å². The molecule has 0 spiro atoms. The molecule has 1 N–H and O–H groups in total. The Morgan fingerprint density at radius 3 is 2.53 bits per heavy atom. The van der Waals surface area contributed by atoms with Crippen molar-refractivity contribution >= 4 is 12.4 Å². The van der Waals surface area contributed by atoms with E-state index in [1.807, 2.05) is 0 Å². The summed E-state index contributed by atoms with van der Waals surface area (Å²) in [5.74, 6) is 0. The number of benzene rings is 1. The Morgan fingerprint density at radius 2 is 1.94 bits per heavy atom. The molecule has 1 atom stereocenters. The molecule has 1 aliphatic carbocycles. The molecular weight excluding hydrogens is 232 g/mol. The Kier molecular flexibility index (Phi) is 5.96. The summed E-state index contributed by atoms with van der Waals surface area (Å²) in [6.45, 7) is 4.35. The first-order chi connectivity index (χ1) is 7.77. The Labute approximate surface area is 111 Å². The maximum Gasteiger partial charge on any atom is 0.0206 e. The first-order valence-electron chi connectivity index (χ1n) is 6.24. The predicted molar refractivity (Wildman–Crippen MR) is 75.6 cm³/mol. The molecule has 0 bridgehead atoms. The second kappa shape index (κ2) is 7.00. The fourth-order valence-electron chi connectivity index (χ4n) is 2.01. The molecule has 3 heteroatoms. The van der Waals surface area contributed by atoms with Crippen LogP contribution in [0.25, 0.3) is 0 Å². The number of halogens is 1. The molecule has 2 rings (SSSR count). The summed E-state index contributed by atoms with van der Waals surface area (Å²) >= 11 is 0. The topological polar surface area (TPSA) is 15.3 Å². The van der Waals surface area contributed by atoms with Gasteiger partial charge in [0.1, 0.15) is 0 Å². The fourth-order valence-corrected chi connectivity index (χ4v) is 2.01. The lowest BCUT2D eigenvalue weighted by molar-refractivity contribution is 0.241. The molecule has 1 saturated carbocycles. The highest BCUT2D eigenvalue weighted by Crippen LogP contribution is 2.26. The molecule has 0 heterocycles. The van der Waals surface area contributed by atoms with Gasteiger partial charge in [-0.1, -0.05) is 30.3 Å². The molecular formula is C14H23ClN2. The molecule has 2 nitrogen and oxygen atoms in total. The first kappa shape index (κ1) is 14.5. The van der Waals surface area contributed by atoms with Crippen molar-refractivity contribution in [2.75, 3.05) is 13.6 Å². The van der Waals surface area contributed by atoms with E-state index in [1.54, 1.807) is 0 Å². The van der Waals surface area contributed by atoms with Gasteiger partial charge in [-0.3, -0.25) is 4.90 Å². The van der Waals surface area contributed by atoms with E-state index in [1.165, 1.54) is 18.4 Å². The molecule has 0 aliphatic heterocycles. The van der Waals surface area contributed by atoms with E-state index in [4.69, 9.17) is 0 Å². The fraction of sp³-hybridized carbons (Fsp3) is 0.571. The summed E-state index contributed by atoms with van der Waals surface area (Å²) in [7, 11) is 2.24. The van der Waals surface area contributed by atoms with Gasteiger partial charge in [0.05, 0.1) is 0 Å². The molecule has 1 aromatic carbocycles. The number of nitrogens with zero attached hydrogens (tertiary/aromatic N) is 1. The Bertz CT molecular complexity index is 311. The molecule has 0 aromatic heterocycles. The molecule has 1 fully saturated rings. The normalized spacial score (nSPS) is 16.6. The number of nitrogens with one attached hydrogen (secondary N) is 1. The van der Waals surface area contributed by atoms with Crippen molar-refractivity contribution in [2.45, 2.75) is 38.4 Å². The van der Waals surface area contributed by atoms with Crippen LogP contribution in [0.15, 0.2) is 30.3 Å². The molecule has 17 heavy (non-hydrogen) atoms.